The van der Waals surface area contributed by atoms with Gasteiger partial charge in [-0.2, -0.15) is 0 Å². The molecule has 0 aliphatic heterocycles. The van der Waals surface area contributed by atoms with E-state index in [0.29, 0.717) is 11.1 Å². The number of hydrogen-bond acceptors (Lipinski definition) is 5. The first-order valence-corrected chi connectivity index (χ1v) is 8.71. The maximum atomic E-state index is 11.8. The Morgan fingerprint density at radius 1 is 1.36 bits per heavy atom. The lowest BCUT2D eigenvalue weighted by Gasteiger charge is -2.29. The van der Waals surface area contributed by atoms with Crippen molar-refractivity contribution in [1.29, 1.82) is 0 Å². The van der Waals surface area contributed by atoms with Crippen LogP contribution < -0.4 is 10.6 Å². The molecule has 2 atom stereocenters. The first-order valence-electron chi connectivity index (χ1n) is 7.73. The second-order valence-corrected chi connectivity index (χ2v) is 6.54. The third-order valence-corrected chi connectivity index (χ3v) is 4.71. The largest absolute Gasteiger partial charge is 0.335 e. The van der Waals surface area contributed by atoms with E-state index in [1.54, 1.807) is 0 Å². The topological polar surface area (TPSA) is 99.8 Å². The van der Waals surface area contributed by atoms with Crippen molar-refractivity contribution >= 4 is 23.7 Å². The highest BCUT2D eigenvalue weighted by atomic mass is 32.2. The molecule has 1 saturated carbocycles. The number of H-pyrrole nitrogens is 1. The van der Waals surface area contributed by atoms with Gasteiger partial charge in [-0.15, -0.1) is 5.10 Å². The van der Waals surface area contributed by atoms with Gasteiger partial charge in [-0.25, -0.2) is 9.78 Å². The van der Waals surface area contributed by atoms with Crippen molar-refractivity contribution in [3.05, 3.63) is 5.82 Å². The summed E-state index contributed by atoms with van der Waals surface area (Å²) < 4.78 is 0. The van der Waals surface area contributed by atoms with E-state index in [0.717, 1.165) is 31.5 Å². The molecule has 3 amide bonds. The Kier molecular flexibility index (Phi) is 6.23. The quantitative estimate of drug-likeness (QED) is 0.718. The van der Waals surface area contributed by atoms with E-state index in [1.807, 2.05) is 6.92 Å². The molecule has 3 N–H and O–H groups in total. The molecule has 1 heterocycles. The van der Waals surface area contributed by atoms with Crippen LogP contribution >= 0.6 is 11.8 Å². The molecule has 2 unspecified atom stereocenters. The summed E-state index contributed by atoms with van der Waals surface area (Å²) in [4.78, 5) is 27.8. The second kappa shape index (κ2) is 8.17. The van der Waals surface area contributed by atoms with Crippen LogP contribution in [0.4, 0.5) is 4.79 Å². The van der Waals surface area contributed by atoms with Crippen LogP contribution in [0.15, 0.2) is 5.16 Å². The Morgan fingerprint density at radius 2 is 2.14 bits per heavy atom. The van der Waals surface area contributed by atoms with Gasteiger partial charge in [0.15, 0.2) is 0 Å². The zero-order valence-corrected chi connectivity index (χ0v) is 13.8. The van der Waals surface area contributed by atoms with E-state index in [2.05, 4.69) is 32.7 Å². The number of carbonyl (C=O) groups excluding carboxylic acids is 2. The van der Waals surface area contributed by atoms with Crippen molar-refractivity contribution in [3.8, 4) is 0 Å². The predicted octanol–water partition coefficient (Wildman–Crippen LogP) is 1.86. The summed E-state index contributed by atoms with van der Waals surface area (Å²) in [5, 5.41) is 12.6. The smallest absolute Gasteiger partial charge is 0.321 e. The maximum Gasteiger partial charge on any atom is 0.321 e. The van der Waals surface area contributed by atoms with Gasteiger partial charge in [0.2, 0.25) is 11.1 Å². The lowest BCUT2D eigenvalue weighted by Crippen LogP contribution is -2.48. The molecule has 22 heavy (non-hydrogen) atoms. The predicted molar refractivity (Wildman–Crippen MR) is 84.6 cm³/mol. The molecule has 1 aromatic rings. The van der Waals surface area contributed by atoms with Gasteiger partial charge in [0.05, 0.1) is 5.75 Å². The normalized spacial score (nSPS) is 21.4. The van der Waals surface area contributed by atoms with Crippen LogP contribution in [0.5, 0.6) is 0 Å². The van der Waals surface area contributed by atoms with E-state index in [1.165, 1.54) is 18.2 Å². The first kappa shape index (κ1) is 16.8. The summed E-state index contributed by atoms with van der Waals surface area (Å²) in [6.45, 7) is 4.11. The molecule has 0 aromatic carbocycles. The molecule has 0 saturated heterocycles. The van der Waals surface area contributed by atoms with Crippen molar-refractivity contribution in [3.63, 3.8) is 0 Å². The van der Waals surface area contributed by atoms with Gasteiger partial charge in [0.25, 0.3) is 0 Å². The number of rotatable bonds is 5. The first-order chi connectivity index (χ1) is 10.6. The summed E-state index contributed by atoms with van der Waals surface area (Å²) in [5.41, 5.74) is 0. The standard InChI is InChI=1S/C14H23N5O2S/c1-3-11-16-14(19-18-11)22-8-12(20)17-13(21)15-10-7-5-4-6-9(10)2/h9-10H,3-8H2,1-2H3,(H,16,18,19)(H2,15,17,20,21). The van der Waals surface area contributed by atoms with Crippen molar-refractivity contribution in [2.45, 2.75) is 57.1 Å². The highest BCUT2D eigenvalue weighted by Crippen LogP contribution is 2.23. The van der Waals surface area contributed by atoms with Crippen LogP contribution in [-0.4, -0.2) is 38.9 Å². The highest BCUT2D eigenvalue weighted by molar-refractivity contribution is 7.99. The zero-order chi connectivity index (χ0) is 15.9. The van der Waals surface area contributed by atoms with Crippen molar-refractivity contribution in [1.82, 2.24) is 25.8 Å². The monoisotopic (exact) mass is 325 g/mol. The molecule has 0 radical (unpaired) electrons. The van der Waals surface area contributed by atoms with E-state index in [4.69, 9.17) is 0 Å². The molecule has 122 valence electrons. The molecule has 1 fully saturated rings. The van der Waals surface area contributed by atoms with Crippen LogP contribution in [-0.2, 0) is 11.2 Å². The van der Waals surface area contributed by atoms with Crippen LogP contribution in [0.2, 0.25) is 0 Å². The molecule has 8 heteroatoms. The number of carbonyl (C=O) groups is 2. The number of urea groups is 1. The van der Waals surface area contributed by atoms with Gasteiger partial charge < -0.3 is 5.32 Å². The van der Waals surface area contributed by atoms with Gasteiger partial charge in [0.1, 0.15) is 5.82 Å². The minimum Gasteiger partial charge on any atom is -0.335 e. The Bertz CT molecular complexity index is 519. The minimum atomic E-state index is -0.409. The molecule has 1 aromatic heterocycles. The Hall–Kier alpha value is -1.57. The lowest BCUT2D eigenvalue weighted by molar-refractivity contribution is -0.117. The zero-order valence-electron chi connectivity index (χ0n) is 13.0. The Morgan fingerprint density at radius 3 is 2.82 bits per heavy atom. The number of imide groups is 1. The average molecular weight is 325 g/mol. The molecule has 0 bridgehead atoms. The van der Waals surface area contributed by atoms with Crippen LogP contribution in [0.25, 0.3) is 0 Å². The van der Waals surface area contributed by atoms with Crippen molar-refractivity contribution in [2.75, 3.05) is 5.75 Å². The number of aromatic nitrogens is 3. The number of aromatic amines is 1. The fourth-order valence-electron chi connectivity index (χ4n) is 2.53. The summed E-state index contributed by atoms with van der Waals surface area (Å²) in [6.07, 6.45) is 5.21. The van der Waals surface area contributed by atoms with Gasteiger partial charge in [-0.1, -0.05) is 38.5 Å². The molecule has 0 spiro atoms. The van der Waals surface area contributed by atoms with Gasteiger partial charge in [-0.3, -0.25) is 15.2 Å². The number of thioether (sulfide) groups is 1. The number of hydrogen-bond donors (Lipinski definition) is 3. The van der Waals surface area contributed by atoms with E-state index < -0.39 is 6.03 Å². The third-order valence-electron chi connectivity index (χ3n) is 3.86. The Labute approximate surface area is 134 Å². The van der Waals surface area contributed by atoms with E-state index >= 15 is 0 Å². The fourth-order valence-corrected chi connectivity index (χ4v) is 3.15. The fraction of sp³-hybridized carbons (Fsp3) is 0.714. The third kappa shape index (κ3) is 5.01. The van der Waals surface area contributed by atoms with Gasteiger partial charge in [0, 0.05) is 12.5 Å². The van der Waals surface area contributed by atoms with E-state index in [-0.39, 0.29) is 17.7 Å². The summed E-state index contributed by atoms with van der Waals surface area (Å²) in [6, 6.07) is -0.247. The molecular formula is C14H23N5O2S. The number of aryl methyl sites for hydroxylation is 1. The molecular weight excluding hydrogens is 302 g/mol. The van der Waals surface area contributed by atoms with Crippen molar-refractivity contribution < 1.29 is 9.59 Å². The summed E-state index contributed by atoms with van der Waals surface area (Å²) >= 11 is 1.21. The molecule has 2 rings (SSSR count). The van der Waals surface area contributed by atoms with Gasteiger partial charge >= 0.3 is 6.03 Å². The SMILES string of the molecule is CCc1nc(SCC(=O)NC(=O)NC2CCCCC2C)n[nH]1. The maximum absolute atomic E-state index is 11.8. The summed E-state index contributed by atoms with van der Waals surface area (Å²) in [5.74, 6) is 1.03. The molecule has 7 nitrogen and oxygen atoms in total. The number of amides is 3. The van der Waals surface area contributed by atoms with Gasteiger partial charge in [-0.05, 0) is 18.8 Å². The molecule has 1 aliphatic carbocycles. The minimum absolute atomic E-state index is 0.120. The molecule has 1 aliphatic rings. The highest BCUT2D eigenvalue weighted by Gasteiger charge is 2.23. The van der Waals surface area contributed by atoms with Crippen LogP contribution in [0, 0.1) is 5.92 Å². The average Bonchev–Trinajstić information content (AvgIpc) is 2.95. The van der Waals surface area contributed by atoms with Crippen LogP contribution in [0.3, 0.4) is 0 Å². The number of nitrogens with one attached hydrogen (secondary N) is 3. The van der Waals surface area contributed by atoms with Crippen LogP contribution in [0.1, 0.15) is 45.4 Å². The lowest BCUT2D eigenvalue weighted by atomic mass is 9.86. The van der Waals surface area contributed by atoms with Crippen molar-refractivity contribution in [2.24, 2.45) is 5.92 Å². The number of nitrogens with zero attached hydrogens (tertiary/aromatic N) is 2. The summed E-state index contributed by atoms with van der Waals surface area (Å²) in [7, 11) is 0. The Balaban J connectivity index is 1.70. The second-order valence-electron chi connectivity index (χ2n) is 5.60. The van der Waals surface area contributed by atoms with E-state index in [9.17, 15) is 9.59 Å².